The van der Waals surface area contributed by atoms with E-state index in [1.165, 1.54) is 23.1 Å². The number of rotatable bonds is 37. The minimum atomic E-state index is -1.58. The van der Waals surface area contributed by atoms with Crippen molar-refractivity contribution in [2.24, 2.45) is 5.11 Å². The highest BCUT2D eigenvalue weighted by Gasteiger charge is 2.29. The van der Waals surface area contributed by atoms with Crippen LogP contribution in [0.15, 0.2) is 77.9 Å². The number of hydrogen-bond acceptors (Lipinski definition) is 14. The van der Waals surface area contributed by atoms with Gasteiger partial charge in [0.1, 0.15) is 24.2 Å². The van der Waals surface area contributed by atoms with Gasteiger partial charge in [-0.3, -0.25) is 38.9 Å². The predicted molar refractivity (Wildman–Crippen MR) is 279 cm³/mol. The highest BCUT2D eigenvalue weighted by atomic mass is 16.6. The van der Waals surface area contributed by atoms with Gasteiger partial charge in [-0.05, 0) is 85.4 Å². The Morgan fingerprint density at radius 1 is 0.620 bits per heavy atom. The lowest BCUT2D eigenvalue weighted by molar-refractivity contribution is -0.385. The molecule has 0 bridgehead atoms. The Bertz CT molecular complexity index is 2650. The van der Waals surface area contributed by atoms with Gasteiger partial charge in [-0.1, -0.05) is 60.1 Å². The molecule has 28 nitrogen and oxygen atoms in total. The molecule has 0 saturated carbocycles. The van der Waals surface area contributed by atoms with E-state index in [1.807, 2.05) is 0 Å². The van der Waals surface area contributed by atoms with E-state index in [9.17, 15) is 78.5 Å². The number of aromatic carboxylic acids is 1. The van der Waals surface area contributed by atoms with E-state index in [0.29, 0.717) is 30.4 Å². The fourth-order valence-corrected chi connectivity index (χ4v) is 7.75. The van der Waals surface area contributed by atoms with Crippen LogP contribution in [0, 0.1) is 10.1 Å². The fraction of sp³-hybridized carbons (Fsp3) is 0.451. The van der Waals surface area contributed by atoms with Crippen molar-refractivity contribution in [3.63, 3.8) is 0 Å². The second-order valence-electron chi connectivity index (χ2n) is 18.1. The molecule has 0 aliphatic rings. The summed E-state index contributed by atoms with van der Waals surface area (Å²) in [5, 5.41) is 76.9. The first kappa shape index (κ1) is 64.0. The Hall–Kier alpha value is -9.33. The molecule has 3 rings (SSSR count). The quantitative estimate of drug-likeness (QED) is 0.00985. The van der Waals surface area contributed by atoms with Crippen LogP contribution in [0.1, 0.15) is 104 Å². The van der Waals surface area contributed by atoms with Crippen molar-refractivity contribution in [3.8, 4) is 5.75 Å². The maximum atomic E-state index is 13.9. The number of unbranched alkanes of at least 4 members (excludes halogenated alkanes) is 3. The number of nitrogens with zero attached hydrogens (tertiary/aromatic N) is 5. The van der Waals surface area contributed by atoms with E-state index in [4.69, 9.17) is 10.6 Å². The number of hydrogen-bond donors (Lipinski definition) is 11. The van der Waals surface area contributed by atoms with Gasteiger partial charge < -0.3 is 62.3 Å². The third-order valence-corrected chi connectivity index (χ3v) is 12.0. The molecule has 28 heteroatoms. The minimum absolute atomic E-state index is 0.0256. The highest BCUT2D eigenvalue weighted by Crippen LogP contribution is 2.27. The van der Waals surface area contributed by atoms with E-state index in [1.54, 1.807) is 42.5 Å². The topological polar surface area (TPSA) is 439 Å². The molecule has 3 aromatic carbocycles. The number of carbonyl (C=O) groups is 10. The molecule has 426 valence electrons. The first-order valence-electron chi connectivity index (χ1n) is 25.2. The van der Waals surface area contributed by atoms with Gasteiger partial charge >= 0.3 is 35.6 Å². The Balaban J connectivity index is 1.55. The SMILES string of the molecule is [N-]=[N+]=NCCCNC(=O)[C@H](Cc1ccc(O)c([N+](=O)[O-])c1)NC(=O)[C@H](Cc1ccccc1)NC(=O)CCC(=O)NCCCCCC(=O)N(CCCC[C@H](NC(=O)N[C@@H](CCC(=O)O)C(=O)O)C(=O)O)Cc1ccc(C(=O)O)cc1. The Morgan fingerprint density at radius 3 is 1.87 bits per heavy atom. The van der Waals surface area contributed by atoms with E-state index in [2.05, 4.69) is 41.9 Å². The molecule has 79 heavy (non-hydrogen) atoms. The summed E-state index contributed by atoms with van der Waals surface area (Å²) in [5.74, 6) is -8.84. The molecule has 0 saturated heterocycles. The number of carboxylic acids is 4. The molecule has 0 aromatic heterocycles. The summed E-state index contributed by atoms with van der Waals surface area (Å²) in [6.07, 6.45) is 0.175. The lowest BCUT2D eigenvalue weighted by Crippen LogP contribution is -2.55. The van der Waals surface area contributed by atoms with Crippen molar-refractivity contribution in [1.82, 2.24) is 36.8 Å². The summed E-state index contributed by atoms with van der Waals surface area (Å²) in [5.41, 5.74) is 9.46. The average molecular weight is 1100 g/mol. The maximum Gasteiger partial charge on any atom is 0.335 e. The minimum Gasteiger partial charge on any atom is -0.502 e. The Labute approximate surface area is 452 Å². The molecule has 7 amide bonds. The van der Waals surface area contributed by atoms with Crippen molar-refractivity contribution < 1.29 is 78.4 Å². The summed E-state index contributed by atoms with van der Waals surface area (Å²) in [6.45, 7) is 0.557. The number of aromatic hydroxyl groups is 1. The number of nitrogens with one attached hydrogen (secondary N) is 6. The van der Waals surface area contributed by atoms with E-state index in [-0.39, 0.29) is 108 Å². The molecule has 0 radical (unpaired) electrons. The zero-order chi connectivity index (χ0) is 58.3. The van der Waals surface area contributed by atoms with Crippen LogP contribution < -0.4 is 31.9 Å². The van der Waals surface area contributed by atoms with Crippen LogP contribution >= 0.6 is 0 Å². The van der Waals surface area contributed by atoms with Gasteiger partial charge in [-0.25, -0.2) is 19.2 Å². The van der Waals surface area contributed by atoms with Crippen molar-refractivity contribution in [2.75, 3.05) is 26.2 Å². The number of urea groups is 1. The van der Waals surface area contributed by atoms with Crippen LogP contribution in [-0.4, -0.2) is 145 Å². The van der Waals surface area contributed by atoms with Crippen LogP contribution in [0.25, 0.3) is 10.4 Å². The second-order valence-corrected chi connectivity index (χ2v) is 18.1. The van der Waals surface area contributed by atoms with Crippen molar-refractivity contribution in [3.05, 3.63) is 116 Å². The number of nitro groups is 1. The van der Waals surface area contributed by atoms with Gasteiger partial charge in [0.15, 0.2) is 5.75 Å². The molecule has 0 spiro atoms. The summed E-state index contributed by atoms with van der Waals surface area (Å²) >= 11 is 0. The highest BCUT2D eigenvalue weighted by molar-refractivity contribution is 5.93. The van der Waals surface area contributed by atoms with Gasteiger partial charge in [-0.15, -0.1) is 0 Å². The number of benzene rings is 3. The molecule has 4 atom stereocenters. The smallest absolute Gasteiger partial charge is 0.335 e. The maximum absolute atomic E-state index is 13.9. The largest absolute Gasteiger partial charge is 0.502 e. The first-order valence-corrected chi connectivity index (χ1v) is 25.2. The monoisotopic (exact) mass is 1100 g/mol. The third kappa shape index (κ3) is 24.9. The fourth-order valence-electron chi connectivity index (χ4n) is 7.75. The number of nitro benzene ring substituents is 1. The molecular formula is C51H65N11O17. The summed E-state index contributed by atoms with van der Waals surface area (Å²) in [6, 6.07) is 11.3. The summed E-state index contributed by atoms with van der Waals surface area (Å²) in [4.78, 5) is 140. The Morgan fingerprint density at radius 2 is 1.24 bits per heavy atom. The van der Waals surface area contributed by atoms with Gasteiger partial charge in [0.05, 0.1) is 10.5 Å². The van der Waals surface area contributed by atoms with E-state index >= 15 is 0 Å². The number of azide groups is 1. The molecule has 3 aromatic rings. The standard InChI is InChI=1S/C51H65N11O17/c52-60-55-26-9-25-54-46(69)38(29-34-16-20-41(63)40(30-34)62(78)79)57-47(70)39(28-32-10-3-1-4-11-32)56-43(65)22-21-42(64)53-24-7-2-5-13-44(66)61(31-33-14-17-35(18-15-33)48(71)72)27-8-6-12-36(49(73)74)58-51(77)59-37(50(75)76)19-23-45(67)68/h1,3-4,10-11,14-18,20,30,36-39,63H,2,5-9,12-13,19,21-29,31H2,(H,53,64)(H,54,69)(H,56,65)(H,57,70)(H,67,68)(H,71,72)(H,73,74)(H,75,76)(H2,58,59,77)/t36-,37-,38-,39-/m0/s1. The number of carboxylic acid groups (broad SMARTS) is 4. The zero-order valence-corrected chi connectivity index (χ0v) is 43.0. The van der Waals surface area contributed by atoms with Crippen molar-refractivity contribution in [1.29, 1.82) is 0 Å². The third-order valence-electron chi connectivity index (χ3n) is 12.0. The molecule has 11 N–H and O–H groups in total. The van der Waals surface area contributed by atoms with Crippen molar-refractivity contribution >= 4 is 65.1 Å². The number of amides is 7. The number of phenols is 1. The molecule has 0 unspecified atom stereocenters. The summed E-state index contributed by atoms with van der Waals surface area (Å²) < 4.78 is 0. The van der Waals surface area contributed by atoms with Gasteiger partial charge in [0.25, 0.3) is 0 Å². The molecule has 0 fully saturated rings. The van der Waals surface area contributed by atoms with E-state index < -0.39 is 107 Å². The molecule has 0 aliphatic heterocycles. The number of carbonyl (C=O) groups excluding carboxylic acids is 6. The van der Waals surface area contributed by atoms with Crippen LogP contribution in [0.3, 0.4) is 0 Å². The summed E-state index contributed by atoms with van der Waals surface area (Å²) in [7, 11) is 0. The van der Waals surface area contributed by atoms with Crippen LogP contribution in [0.4, 0.5) is 10.5 Å². The number of phenolic OH excluding ortho intramolecular Hbond substituents is 1. The lowest BCUT2D eigenvalue weighted by Gasteiger charge is -2.24. The van der Waals surface area contributed by atoms with Gasteiger partial charge in [-0.2, -0.15) is 0 Å². The number of aliphatic carboxylic acids is 3. The predicted octanol–water partition coefficient (Wildman–Crippen LogP) is 3.30. The van der Waals surface area contributed by atoms with Gasteiger partial charge in [0, 0.05) is 82.2 Å². The molecule has 0 aliphatic carbocycles. The Kier molecular flexibility index (Phi) is 27.8. The van der Waals surface area contributed by atoms with Crippen LogP contribution in [-0.2, 0) is 57.7 Å². The second kappa shape index (κ2) is 34.4. The van der Waals surface area contributed by atoms with Crippen LogP contribution in [0.2, 0.25) is 0 Å². The normalized spacial score (nSPS) is 12.2. The molecule has 0 heterocycles. The molecular weight excluding hydrogens is 1040 g/mol. The van der Waals surface area contributed by atoms with E-state index in [0.717, 1.165) is 12.1 Å². The van der Waals surface area contributed by atoms with Crippen molar-refractivity contribution in [2.45, 2.75) is 121 Å². The lowest BCUT2D eigenvalue weighted by atomic mass is 10.0. The van der Waals surface area contributed by atoms with Crippen LogP contribution in [0.5, 0.6) is 5.75 Å². The first-order chi connectivity index (χ1) is 37.7. The van der Waals surface area contributed by atoms with Gasteiger partial charge in [0.2, 0.25) is 29.5 Å². The zero-order valence-electron chi connectivity index (χ0n) is 43.0. The average Bonchev–Trinajstić information content (AvgIpc) is 3.40.